The second-order valence-electron chi connectivity index (χ2n) is 5.75. The highest BCUT2D eigenvalue weighted by molar-refractivity contribution is 5.98. The van der Waals surface area contributed by atoms with Crippen LogP contribution in [0.15, 0.2) is 24.3 Å². The van der Waals surface area contributed by atoms with Crippen molar-refractivity contribution >= 4 is 11.7 Å². The van der Waals surface area contributed by atoms with Crippen molar-refractivity contribution in [3.63, 3.8) is 0 Å². The molecule has 0 bridgehead atoms. The van der Waals surface area contributed by atoms with Gasteiger partial charge in [0.05, 0.1) is 0 Å². The summed E-state index contributed by atoms with van der Waals surface area (Å²) in [4.78, 5) is 24.1. The van der Waals surface area contributed by atoms with Gasteiger partial charge in [0, 0.05) is 37.2 Å². The van der Waals surface area contributed by atoms with E-state index in [-0.39, 0.29) is 11.7 Å². The Kier molecular flexibility index (Phi) is 10.7. The van der Waals surface area contributed by atoms with Gasteiger partial charge < -0.3 is 22.1 Å². The number of benzene rings is 1. The lowest BCUT2D eigenvalue weighted by molar-refractivity contribution is 0.0948. The first-order valence-corrected chi connectivity index (χ1v) is 8.71. The second kappa shape index (κ2) is 12.6. The third-order valence-corrected chi connectivity index (χ3v) is 3.71. The molecular weight excluding hydrogens is 304 g/mol. The topological polar surface area (TPSA) is 110 Å². The van der Waals surface area contributed by atoms with Gasteiger partial charge in [-0.1, -0.05) is 18.6 Å². The van der Waals surface area contributed by atoms with Gasteiger partial charge in [0.25, 0.3) is 5.91 Å². The maximum atomic E-state index is 12.1. The van der Waals surface area contributed by atoms with Crippen molar-refractivity contribution in [2.45, 2.75) is 32.1 Å². The van der Waals surface area contributed by atoms with Gasteiger partial charge in [-0.25, -0.2) is 0 Å². The Morgan fingerprint density at radius 1 is 0.792 bits per heavy atom. The van der Waals surface area contributed by atoms with Gasteiger partial charge in [-0.15, -0.1) is 0 Å². The van der Waals surface area contributed by atoms with Crippen molar-refractivity contribution in [3.8, 4) is 0 Å². The SMILES string of the molecule is NCCCCCNC(=O)c1ccc(C(=O)CCCNCCN)cc1. The minimum absolute atomic E-state index is 0.0956. The molecule has 1 rings (SSSR count). The fourth-order valence-corrected chi connectivity index (χ4v) is 2.30. The maximum absolute atomic E-state index is 12.1. The monoisotopic (exact) mass is 334 g/mol. The molecule has 0 aromatic heterocycles. The highest BCUT2D eigenvalue weighted by Crippen LogP contribution is 2.08. The van der Waals surface area contributed by atoms with Crippen molar-refractivity contribution in [1.82, 2.24) is 10.6 Å². The molecule has 0 aliphatic carbocycles. The Balaban J connectivity index is 2.33. The van der Waals surface area contributed by atoms with Gasteiger partial charge >= 0.3 is 0 Å². The van der Waals surface area contributed by atoms with Gasteiger partial charge in [0.2, 0.25) is 0 Å². The van der Waals surface area contributed by atoms with E-state index in [1.54, 1.807) is 24.3 Å². The van der Waals surface area contributed by atoms with Crippen molar-refractivity contribution in [1.29, 1.82) is 0 Å². The average Bonchev–Trinajstić information content (AvgIpc) is 2.61. The van der Waals surface area contributed by atoms with Crippen LogP contribution in [0.4, 0.5) is 0 Å². The number of amides is 1. The number of nitrogens with two attached hydrogens (primary N) is 2. The number of hydrogen-bond acceptors (Lipinski definition) is 5. The Morgan fingerprint density at radius 2 is 1.50 bits per heavy atom. The predicted octanol–water partition coefficient (Wildman–Crippen LogP) is 1.06. The summed E-state index contributed by atoms with van der Waals surface area (Å²) < 4.78 is 0. The van der Waals surface area contributed by atoms with Crippen LogP contribution in [0.1, 0.15) is 52.8 Å². The van der Waals surface area contributed by atoms with E-state index >= 15 is 0 Å². The number of carbonyl (C=O) groups excluding carboxylic acids is 2. The summed E-state index contributed by atoms with van der Waals surface area (Å²) in [6, 6.07) is 6.85. The minimum Gasteiger partial charge on any atom is -0.352 e. The second-order valence-corrected chi connectivity index (χ2v) is 5.75. The van der Waals surface area contributed by atoms with E-state index in [1.807, 2.05) is 0 Å². The van der Waals surface area contributed by atoms with Crippen LogP contribution in [-0.4, -0.2) is 44.4 Å². The first kappa shape index (κ1) is 20.3. The summed E-state index contributed by atoms with van der Waals surface area (Å²) in [6.07, 6.45) is 4.20. The van der Waals surface area contributed by atoms with Crippen LogP contribution in [-0.2, 0) is 0 Å². The van der Waals surface area contributed by atoms with E-state index in [2.05, 4.69) is 10.6 Å². The lowest BCUT2D eigenvalue weighted by Crippen LogP contribution is -2.24. The molecule has 0 spiro atoms. The van der Waals surface area contributed by atoms with Crippen molar-refractivity contribution in [2.24, 2.45) is 11.5 Å². The largest absolute Gasteiger partial charge is 0.352 e. The third kappa shape index (κ3) is 8.19. The van der Waals surface area contributed by atoms with Gasteiger partial charge in [0.1, 0.15) is 0 Å². The molecule has 24 heavy (non-hydrogen) atoms. The summed E-state index contributed by atoms with van der Waals surface area (Å²) >= 11 is 0. The molecule has 6 nitrogen and oxygen atoms in total. The lowest BCUT2D eigenvalue weighted by atomic mass is 10.0. The molecule has 1 aromatic carbocycles. The molecular formula is C18H30N4O2. The van der Waals surface area contributed by atoms with Crippen LogP contribution in [0, 0.1) is 0 Å². The Bertz CT molecular complexity index is 443. The summed E-state index contributed by atoms with van der Waals surface area (Å²) in [7, 11) is 0. The molecule has 0 aliphatic heterocycles. The van der Waals surface area contributed by atoms with Crippen molar-refractivity contribution in [3.05, 3.63) is 35.4 Å². The highest BCUT2D eigenvalue weighted by Gasteiger charge is 2.08. The lowest BCUT2D eigenvalue weighted by Gasteiger charge is -2.06. The van der Waals surface area contributed by atoms with Gasteiger partial charge in [-0.05, 0) is 44.5 Å². The third-order valence-electron chi connectivity index (χ3n) is 3.71. The summed E-state index contributed by atoms with van der Waals surface area (Å²) in [5.74, 6) is -0.00831. The molecule has 134 valence electrons. The number of unbranched alkanes of at least 4 members (excludes halogenated alkanes) is 2. The maximum Gasteiger partial charge on any atom is 0.251 e. The molecule has 0 saturated carbocycles. The number of hydrogen-bond donors (Lipinski definition) is 4. The van der Waals surface area contributed by atoms with E-state index in [4.69, 9.17) is 11.5 Å². The predicted molar refractivity (Wildman–Crippen MR) is 97.2 cm³/mol. The number of nitrogens with one attached hydrogen (secondary N) is 2. The van der Waals surface area contributed by atoms with Gasteiger partial charge in [-0.3, -0.25) is 9.59 Å². The van der Waals surface area contributed by atoms with Crippen molar-refractivity contribution in [2.75, 3.05) is 32.7 Å². The molecule has 6 N–H and O–H groups in total. The molecule has 0 radical (unpaired) electrons. The minimum atomic E-state index is -0.104. The molecule has 0 saturated heterocycles. The number of carbonyl (C=O) groups is 2. The summed E-state index contributed by atoms with van der Waals surface area (Å²) in [5.41, 5.74) is 12.0. The van der Waals surface area contributed by atoms with E-state index in [1.165, 1.54) is 0 Å². The van der Waals surface area contributed by atoms with E-state index < -0.39 is 0 Å². The molecule has 6 heteroatoms. The zero-order valence-electron chi connectivity index (χ0n) is 14.4. The van der Waals surface area contributed by atoms with E-state index in [0.717, 1.165) is 38.8 Å². The van der Waals surface area contributed by atoms with Crippen LogP contribution < -0.4 is 22.1 Å². The normalized spacial score (nSPS) is 10.6. The van der Waals surface area contributed by atoms with Gasteiger partial charge in [0.15, 0.2) is 5.78 Å². The van der Waals surface area contributed by atoms with Crippen molar-refractivity contribution < 1.29 is 9.59 Å². The molecule has 0 heterocycles. The number of rotatable bonds is 13. The number of ketones is 1. The van der Waals surface area contributed by atoms with E-state index in [0.29, 0.717) is 37.2 Å². The Morgan fingerprint density at radius 3 is 2.17 bits per heavy atom. The molecule has 1 amide bonds. The standard InChI is InChI=1S/C18H30N4O2/c19-10-2-1-3-13-22-18(24)16-8-6-15(7-9-16)17(23)5-4-12-21-14-11-20/h6-9,21H,1-5,10-14,19-20H2,(H,22,24). The first-order chi connectivity index (χ1) is 11.7. The molecule has 0 unspecified atom stereocenters. The quantitative estimate of drug-likeness (QED) is 0.318. The smallest absolute Gasteiger partial charge is 0.251 e. The van der Waals surface area contributed by atoms with Gasteiger partial charge in [-0.2, -0.15) is 0 Å². The summed E-state index contributed by atoms with van der Waals surface area (Å²) in [5, 5.41) is 6.04. The fraction of sp³-hybridized carbons (Fsp3) is 0.556. The van der Waals surface area contributed by atoms with Crippen LogP contribution >= 0.6 is 0 Å². The molecule has 0 atom stereocenters. The Hall–Kier alpha value is -1.76. The van der Waals surface area contributed by atoms with Crippen LogP contribution in [0.5, 0.6) is 0 Å². The van der Waals surface area contributed by atoms with E-state index in [9.17, 15) is 9.59 Å². The number of Topliss-reactive ketones (excluding diaryl/α,β-unsaturated/α-hetero) is 1. The first-order valence-electron chi connectivity index (χ1n) is 8.71. The fourth-order valence-electron chi connectivity index (χ4n) is 2.30. The zero-order valence-corrected chi connectivity index (χ0v) is 14.4. The zero-order chi connectivity index (χ0) is 17.6. The average molecular weight is 334 g/mol. The molecule has 0 fully saturated rings. The van der Waals surface area contributed by atoms with Crippen LogP contribution in [0.25, 0.3) is 0 Å². The summed E-state index contributed by atoms with van der Waals surface area (Å²) in [6.45, 7) is 3.49. The molecule has 0 aliphatic rings. The van der Waals surface area contributed by atoms with Crippen LogP contribution in [0.3, 0.4) is 0 Å². The van der Waals surface area contributed by atoms with Crippen LogP contribution in [0.2, 0.25) is 0 Å². The Labute approximate surface area is 144 Å². The molecule has 1 aromatic rings. The highest BCUT2D eigenvalue weighted by atomic mass is 16.1.